The van der Waals surface area contributed by atoms with Crippen LogP contribution in [-0.2, 0) is 11.3 Å². The van der Waals surface area contributed by atoms with Crippen LogP contribution in [0.4, 0.5) is 29.1 Å². The van der Waals surface area contributed by atoms with Crippen LogP contribution in [-0.4, -0.2) is 91.3 Å². The first kappa shape index (κ1) is 33.1. The van der Waals surface area contributed by atoms with Gasteiger partial charge < -0.3 is 25.6 Å². The zero-order valence-electron chi connectivity index (χ0n) is 26.2. The van der Waals surface area contributed by atoms with Gasteiger partial charge in [-0.05, 0) is 54.9 Å². The number of carbonyl (C=O) groups is 2. The molecule has 12 nitrogen and oxygen atoms in total. The summed E-state index contributed by atoms with van der Waals surface area (Å²) in [6.07, 6.45) is 5.45. The van der Waals surface area contributed by atoms with E-state index in [1.807, 2.05) is 0 Å². The van der Waals surface area contributed by atoms with Crippen molar-refractivity contribution in [2.24, 2.45) is 17.8 Å². The minimum Gasteiger partial charge on any atom is -0.434 e. The fraction of sp³-hybridized carbons (Fsp3) is 0.469. The third-order valence-corrected chi connectivity index (χ3v) is 9.87. The molecule has 49 heavy (non-hydrogen) atoms. The minimum atomic E-state index is -3.15. The Morgan fingerprint density at radius 1 is 1.10 bits per heavy atom. The van der Waals surface area contributed by atoms with Crippen molar-refractivity contribution in [3.63, 3.8) is 0 Å². The summed E-state index contributed by atoms with van der Waals surface area (Å²) in [5.74, 6) is -2.91. The number of carbonyl (C=O) groups excluding carboxylic acids is 2. The number of nitrogens with two attached hydrogens (primary N) is 1. The highest BCUT2D eigenvalue weighted by molar-refractivity contribution is 6.31. The summed E-state index contributed by atoms with van der Waals surface area (Å²) in [4.78, 5) is 35.4. The van der Waals surface area contributed by atoms with Crippen molar-refractivity contribution in [2.75, 3.05) is 43.8 Å². The number of hydrogen-bond donors (Lipinski definition) is 2. The van der Waals surface area contributed by atoms with Crippen LogP contribution >= 0.6 is 11.6 Å². The van der Waals surface area contributed by atoms with Crippen LogP contribution in [0, 0.1) is 17.8 Å². The topological polar surface area (TPSA) is 136 Å². The van der Waals surface area contributed by atoms with Gasteiger partial charge in [-0.3, -0.25) is 14.3 Å². The standard InChI is InChI=1S/C32H34ClF4N9O3/c33-21-2-3-24(49-31(34)35)22(10-21)27-23(40-30(48)26-28(38)42-46-9-1-8-39-29(26)46)16-45(41-27)17-25(47)44-14-19-12-43(13-20(19)15-44)11-18-4-6-32(36,37)7-5-18/h1-3,8-10,16,18-20,31H,4-7,11-15,17H2,(H2,38,42)(H,40,48)/t19-,20+. The second kappa shape index (κ2) is 13.1. The fourth-order valence-corrected chi connectivity index (χ4v) is 7.49. The summed E-state index contributed by atoms with van der Waals surface area (Å²) in [5.41, 5.74) is 6.43. The summed E-state index contributed by atoms with van der Waals surface area (Å²) in [6.45, 7) is 0.210. The van der Waals surface area contributed by atoms with Crippen LogP contribution in [0.15, 0.2) is 42.9 Å². The van der Waals surface area contributed by atoms with Crippen molar-refractivity contribution in [2.45, 2.75) is 44.8 Å². The molecule has 2 atom stereocenters. The molecular weight excluding hydrogens is 670 g/mol. The number of fused-ring (bicyclic) bond motifs is 2. The number of likely N-dealkylation sites (tertiary alicyclic amines) is 2. The molecule has 17 heteroatoms. The second-order valence-corrected chi connectivity index (χ2v) is 13.5. The maximum atomic E-state index is 13.6. The van der Waals surface area contributed by atoms with Crippen molar-refractivity contribution in [1.29, 1.82) is 0 Å². The van der Waals surface area contributed by atoms with Crippen LogP contribution in [0.25, 0.3) is 16.9 Å². The Labute approximate surface area is 283 Å². The third kappa shape index (κ3) is 7.02. The monoisotopic (exact) mass is 703 g/mol. The van der Waals surface area contributed by atoms with E-state index >= 15 is 0 Å². The van der Waals surface area contributed by atoms with E-state index < -0.39 is 18.4 Å². The molecule has 2 saturated heterocycles. The van der Waals surface area contributed by atoms with Crippen molar-refractivity contribution < 1.29 is 31.9 Å². The van der Waals surface area contributed by atoms with Crippen LogP contribution < -0.4 is 15.8 Å². The Hall–Kier alpha value is -4.44. The summed E-state index contributed by atoms with van der Waals surface area (Å²) < 4.78 is 61.3. The van der Waals surface area contributed by atoms with Gasteiger partial charge in [0.15, 0.2) is 11.5 Å². The van der Waals surface area contributed by atoms with Crippen LogP contribution in [0.1, 0.15) is 36.0 Å². The minimum absolute atomic E-state index is 0.00963. The third-order valence-electron chi connectivity index (χ3n) is 9.64. The number of nitrogens with zero attached hydrogens (tertiary/aromatic N) is 7. The van der Waals surface area contributed by atoms with Gasteiger partial charge in [-0.1, -0.05) is 11.6 Å². The molecule has 1 aliphatic carbocycles. The molecular formula is C32H34ClF4N9O3. The number of benzene rings is 1. The SMILES string of the molecule is Nc1nn2cccnc2c1C(=O)Nc1cn(CC(=O)N2C[C@H]3CN(CC4CCC(F)(F)CC4)C[C@H]3C2)nc1-c1cc(Cl)ccc1OC(F)F. The molecule has 3 aromatic heterocycles. The Balaban J connectivity index is 1.08. The average Bonchev–Trinajstić information content (AvgIpc) is 3.80. The van der Waals surface area contributed by atoms with Crippen molar-refractivity contribution in [3.8, 4) is 17.0 Å². The Bertz CT molecular complexity index is 1860. The van der Waals surface area contributed by atoms with E-state index in [-0.39, 0.29) is 87.8 Å². The maximum absolute atomic E-state index is 13.6. The number of hydrogen-bond acceptors (Lipinski definition) is 8. The van der Waals surface area contributed by atoms with Crippen molar-refractivity contribution >= 4 is 40.6 Å². The first-order chi connectivity index (χ1) is 23.4. The van der Waals surface area contributed by atoms with Crippen LogP contribution in [0.3, 0.4) is 0 Å². The first-order valence-corrected chi connectivity index (χ1v) is 16.4. The lowest BCUT2D eigenvalue weighted by atomic mass is 9.86. The first-order valence-electron chi connectivity index (χ1n) is 16.0. The van der Waals surface area contributed by atoms with Gasteiger partial charge in [0.05, 0.1) is 5.69 Å². The number of alkyl halides is 4. The molecule has 0 bridgehead atoms. The fourth-order valence-electron chi connectivity index (χ4n) is 7.31. The highest BCUT2D eigenvalue weighted by atomic mass is 35.5. The molecule has 0 spiro atoms. The van der Waals surface area contributed by atoms with Crippen LogP contribution in [0.2, 0.25) is 5.02 Å². The number of nitrogen functional groups attached to an aromatic ring is 1. The van der Waals surface area contributed by atoms with Crippen molar-refractivity contribution in [1.82, 2.24) is 34.2 Å². The lowest BCUT2D eigenvalue weighted by molar-refractivity contribution is -0.131. The number of amides is 2. The molecule has 3 fully saturated rings. The van der Waals surface area contributed by atoms with E-state index in [9.17, 15) is 27.2 Å². The highest BCUT2D eigenvalue weighted by Crippen LogP contribution is 2.39. The largest absolute Gasteiger partial charge is 0.434 e. The van der Waals surface area contributed by atoms with Gasteiger partial charge in [-0.15, -0.1) is 5.10 Å². The molecule has 4 aromatic rings. The molecule has 0 unspecified atom stereocenters. The summed E-state index contributed by atoms with van der Waals surface area (Å²) in [5, 5.41) is 11.6. The summed E-state index contributed by atoms with van der Waals surface area (Å²) in [7, 11) is 0. The lowest BCUT2D eigenvalue weighted by Crippen LogP contribution is -2.37. The van der Waals surface area contributed by atoms with Gasteiger partial charge in [-0.25, -0.2) is 18.3 Å². The zero-order valence-corrected chi connectivity index (χ0v) is 27.0. The molecule has 3 aliphatic rings. The van der Waals surface area contributed by atoms with Gasteiger partial charge in [-0.2, -0.15) is 13.9 Å². The molecule has 2 aliphatic heterocycles. The number of nitrogens with one attached hydrogen (secondary N) is 1. The lowest BCUT2D eigenvalue weighted by Gasteiger charge is -2.31. The van der Waals surface area contributed by atoms with Gasteiger partial charge in [0, 0.05) is 74.7 Å². The summed E-state index contributed by atoms with van der Waals surface area (Å²) >= 11 is 6.23. The van der Waals surface area contributed by atoms with Gasteiger partial charge in [0.1, 0.15) is 23.6 Å². The molecule has 1 aromatic carbocycles. The van der Waals surface area contributed by atoms with E-state index in [4.69, 9.17) is 22.1 Å². The quantitative estimate of drug-likeness (QED) is 0.235. The van der Waals surface area contributed by atoms with Gasteiger partial charge in [0.2, 0.25) is 11.8 Å². The van der Waals surface area contributed by atoms with E-state index in [1.54, 1.807) is 17.2 Å². The molecule has 5 heterocycles. The number of aromatic nitrogens is 5. The Morgan fingerprint density at radius 2 is 1.84 bits per heavy atom. The van der Waals surface area contributed by atoms with E-state index in [2.05, 4.69) is 25.4 Å². The smallest absolute Gasteiger partial charge is 0.387 e. The zero-order chi connectivity index (χ0) is 34.4. The molecule has 1 saturated carbocycles. The van der Waals surface area contributed by atoms with Crippen LogP contribution in [0.5, 0.6) is 5.75 Å². The number of ether oxygens (including phenoxy) is 1. The highest BCUT2D eigenvalue weighted by Gasteiger charge is 2.43. The average molecular weight is 704 g/mol. The van der Waals surface area contributed by atoms with E-state index in [0.717, 1.165) is 19.6 Å². The maximum Gasteiger partial charge on any atom is 0.387 e. The van der Waals surface area contributed by atoms with E-state index in [0.29, 0.717) is 25.9 Å². The molecule has 260 valence electrons. The normalized spacial score (nSPS) is 21.1. The summed E-state index contributed by atoms with van der Waals surface area (Å²) in [6, 6.07) is 5.64. The predicted molar refractivity (Wildman–Crippen MR) is 172 cm³/mol. The molecule has 0 radical (unpaired) electrons. The molecule has 2 amide bonds. The number of rotatable bonds is 9. The van der Waals surface area contributed by atoms with Gasteiger partial charge >= 0.3 is 6.61 Å². The number of anilines is 2. The Morgan fingerprint density at radius 3 is 2.55 bits per heavy atom. The van der Waals surface area contributed by atoms with E-state index in [1.165, 1.54) is 39.8 Å². The Kier molecular flexibility index (Phi) is 8.85. The van der Waals surface area contributed by atoms with Gasteiger partial charge in [0.25, 0.3) is 5.91 Å². The molecule has 3 N–H and O–H groups in total. The van der Waals surface area contributed by atoms with Crippen molar-refractivity contribution in [3.05, 3.63) is 53.4 Å². The second-order valence-electron chi connectivity index (χ2n) is 13.0. The predicted octanol–water partition coefficient (Wildman–Crippen LogP) is 4.90. The number of halogens is 5. The molecule has 7 rings (SSSR count).